The first-order chi connectivity index (χ1) is 17.2. The molecule has 1 saturated heterocycles. The lowest BCUT2D eigenvalue weighted by Crippen LogP contribution is -2.44. The predicted molar refractivity (Wildman–Crippen MR) is 128 cm³/mol. The number of carbonyl (C=O) groups excluding carboxylic acids is 1. The van der Waals surface area contributed by atoms with Crippen molar-refractivity contribution >= 4 is 17.3 Å². The topological polar surface area (TPSA) is 89.5 Å². The first kappa shape index (κ1) is 25.4. The van der Waals surface area contributed by atoms with E-state index in [0.717, 1.165) is 17.8 Å². The summed E-state index contributed by atoms with van der Waals surface area (Å²) in [5.74, 6) is -0.270. The van der Waals surface area contributed by atoms with Crippen LogP contribution in [0.2, 0.25) is 0 Å². The zero-order chi connectivity index (χ0) is 25.9. The van der Waals surface area contributed by atoms with E-state index in [9.17, 15) is 18.0 Å². The summed E-state index contributed by atoms with van der Waals surface area (Å²) in [6.45, 7) is 7.95. The van der Waals surface area contributed by atoms with Crippen LogP contribution >= 0.6 is 0 Å². The molecule has 1 aromatic carbocycles. The van der Waals surface area contributed by atoms with Gasteiger partial charge in [-0.3, -0.25) is 9.78 Å². The minimum atomic E-state index is -4.54. The molecule has 0 aliphatic carbocycles. The Kier molecular flexibility index (Phi) is 7.39. The summed E-state index contributed by atoms with van der Waals surface area (Å²) in [5, 5.41) is 11.2. The second-order valence-electron chi connectivity index (χ2n) is 8.36. The molecule has 0 saturated carbocycles. The van der Waals surface area contributed by atoms with Gasteiger partial charge in [0.05, 0.1) is 43.0 Å². The van der Waals surface area contributed by atoms with Crippen LogP contribution in [-0.4, -0.2) is 53.5 Å². The van der Waals surface area contributed by atoms with Crippen molar-refractivity contribution in [1.82, 2.24) is 15.2 Å². The van der Waals surface area contributed by atoms with Crippen LogP contribution in [0, 0.1) is 6.92 Å². The Hall–Kier alpha value is -3.73. The minimum Gasteiger partial charge on any atom is -0.475 e. The average Bonchev–Trinajstić information content (AvgIpc) is 2.86. The van der Waals surface area contributed by atoms with Gasteiger partial charge < -0.3 is 19.7 Å². The predicted octanol–water partition coefficient (Wildman–Crippen LogP) is 4.74. The fourth-order valence-electron chi connectivity index (χ4n) is 3.93. The fourth-order valence-corrected chi connectivity index (χ4v) is 3.93. The van der Waals surface area contributed by atoms with Gasteiger partial charge in [-0.05, 0) is 51.1 Å². The highest BCUT2D eigenvalue weighted by atomic mass is 19.4. The van der Waals surface area contributed by atoms with Gasteiger partial charge in [0, 0.05) is 29.4 Å². The van der Waals surface area contributed by atoms with Gasteiger partial charge in [0.2, 0.25) is 0 Å². The van der Waals surface area contributed by atoms with Crippen LogP contribution < -0.4 is 15.0 Å². The van der Waals surface area contributed by atoms with Crippen molar-refractivity contribution in [3.05, 3.63) is 59.4 Å². The molecule has 8 nitrogen and oxygen atoms in total. The van der Waals surface area contributed by atoms with Crippen LogP contribution in [0.15, 0.2) is 42.6 Å². The normalized spacial score (nSPS) is 16.1. The van der Waals surface area contributed by atoms with Gasteiger partial charge in [-0.15, -0.1) is 10.2 Å². The summed E-state index contributed by atoms with van der Waals surface area (Å²) in [4.78, 5) is 19.2. The number of morpholine rings is 1. The van der Waals surface area contributed by atoms with Gasteiger partial charge >= 0.3 is 6.18 Å². The number of amides is 1. The molecule has 1 aliphatic rings. The van der Waals surface area contributed by atoms with Crippen LogP contribution in [0.3, 0.4) is 0 Å². The first-order valence-electron chi connectivity index (χ1n) is 11.5. The maximum atomic E-state index is 13.0. The number of halogens is 3. The molecule has 11 heteroatoms. The zero-order valence-corrected chi connectivity index (χ0v) is 20.1. The number of ether oxygens (including phenoxy) is 2. The maximum Gasteiger partial charge on any atom is 0.416 e. The Labute approximate surface area is 206 Å². The number of rotatable bonds is 6. The monoisotopic (exact) mass is 501 g/mol. The van der Waals surface area contributed by atoms with Gasteiger partial charge in [0.25, 0.3) is 11.8 Å². The van der Waals surface area contributed by atoms with Crippen LogP contribution in [0.5, 0.6) is 5.88 Å². The largest absolute Gasteiger partial charge is 0.475 e. The van der Waals surface area contributed by atoms with Crippen molar-refractivity contribution in [2.45, 2.75) is 33.0 Å². The SMILES string of the molecule is CCOc1nnc(-c2cc(NC(=O)c3cccc(C(F)(F)F)c3)cnc2C)cc1N1CCOC[C@@H]1C. The Morgan fingerprint density at radius 2 is 2.06 bits per heavy atom. The molecule has 3 aromatic rings. The van der Waals surface area contributed by atoms with Crippen molar-refractivity contribution in [1.29, 1.82) is 0 Å². The summed E-state index contributed by atoms with van der Waals surface area (Å²) in [5.41, 5.74) is 1.86. The molecule has 0 unspecified atom stereocenters. The van der Waals surface area contributed by atoms with Crippen molar-refractivity contribution in [3.63, 3.8) is 0 Å². The second-order valence-corrected chi connectivity index (χ2v) is 8.36. The number of pyridine rings is 1. The number of aryl methyl sites for hydroxylation is 1. The lowest BCUT2D eigenvalue weighted by Gasteiger charge is -2.35. The molecule has 36 heavy (non-hydrogen) atoms. The van der Waals surface area contributed by atoms with Crippen molar-refractivity contribution in [2.75, 3.05) is 36.6 Å². The average molecular weight is 502 g/mol. The molecule has 1 aliphatic heterocycles. The summed E-state index contributed by atoms with van der Waals surface area (Å²) in [7, 11) is 0. The minimum absolute atomic E-state index is 0.104. The van der Waals surface area contributed by atoms with Gasteiger partial charge in [0.1, 0.15) is 5.69 Å². The summed E-state index contributed by atoms with van der Waals surface area (Å²) in [6, 6.07) is 7.88. The maximum absolute atomic E-state index is 13.0. The Balaban J connectivity index is 1.65. The molecule has 3 heterocycles. The standard InChI is InChI=1S/C25H26F3N5O3/c1-4-36-24-22(33-8-9-35-14-15(33)2)12-21(31-32-24)20-11-19(13-29-16(20)3)30-23(34)17-6-5-7-18(10-17)25(26,27)28/h5-7,10-13,15H,4,8-9,14H2,1-3H3,(H,30,34)/t15-/m0/s1. The number of benzene rings is 1. The number of aromatic nitrogens is 3. The first-order valence-corrected chi connectivity index (χ1v) is 11.5. The molecule has 190 valence electrons. The van der Waals surface area contributed by atoms with Crippen molar-refractivity contribution in [2.24, 2.45) is 0 Å². The molecule has 4 rings (SSSR count). The van der Waals surface area contributed by atoms with Crippen LogP contribution in [-0.2, 0) is 10.9 Å². The number of anilines is 2. The van der Waals surface area contributed by atoms with E-state index in [2.05, 4.69) is 25.4 Å². The van der Waals surface area contributed by atoms with E-state index >= 15 is 0 Å². The zero-order valence-electron chi connectivity index (χ0n) is 20.1. The highest BCUT2D eigenvalue weighted by molar-refractivity contribution is 6.04. The molecule has 1 fully saturated rings. The lowest BCUT2D eigenvalue weighted by molar-refractivity contribution is -0.137. The number of nitrogens with zero attached hydrogens (tertiary/aromatic N) is 4. The fraction of sp³-hybridized carbons (Fsp3) is 0.360. The van der Waals surface area contributed by atoms with E-state index in [1.165, 1.54) is 18.3 Å². The summed E-state index contributed by atoms with van der Waals surface area (Å²) >= 11 is 0. The Morgan fingerprint density at radius 1 is 1.25 bits per heavy atom. The molecule has 1 N–H and O–H groups in total. The number of alkyl halides is 3. The van der Waals surface area contributed by atoms with Crippen LogP contribution in [0.25, 0.3) is 11.3 Å². The molecule has 1 atom stereocenters. The van der Waals surface area contributed by atoms with Gasteiger partial charge in [-0.1, -0.05) is 6.07 Å². The van der Waals surface area contributed by atoms with E-state index in [-0.39, 0.29) is 11.6 Å². The molecule has 1 amide bonds. The number of nitrogens with one attached hydrogen (secondary N) is 1. The van der Waals surface area contributed by atoms with Gasteiger partial charge in [0.15, 0.2) is 0 Å². The number of hydrogen-bond donors (Lipinski definition) is 1. The van der Waals surface area contributed by atoms with Crippen molar-refractivity contribution < 1.29 is 27.4 Å². The highest BCUT2D eigenvalue weighted by Gasteiger charge is 2.31. The number of hydrogen-bond acceptors (Lipinski definition) is 7. The lowest BCUT2D eigenvalue weighted by atomic mass is 10.1. The third kappa shape index (κ3) is 5.56. The van der Waals surface area contributed by atoms with E-state index in [1.807, 2.05) is 19.9 Å². The van der Waals surface area contributed by atoms with Gasteiger partial charge in [-0.25, -0.2) is 0 Å². The molecular weight excluding hydrogens is 475 g/mol. The number of carbonyl (C=O) groups is 1. The van der Waals surface area contributed by atoms with Crippen LogP contribution in [0.4, 0.5) is 24.5 Å². The van der Waals surface area contributed by atoms with Crippen LogP contribution in [0.1, 0.15) is 35.5 Å². The summed E-state index contributed by atoms with van der Waals surface area (Å²) < 4.78 is 50.4. The molecule has 0 bridgehead atoms. The molecule has 0 spiro atoms. The highest BCUT2D eigenvalue weighted by Crippen LogP contribution is 2.34. The molecule has 0 radical (unpaired) electrons. The Morgan fingerprint density at radius 3 is 2.78 bits per heavy atom. The molecular formula is C25H26F3N5O3. The summed E-state index contributed by atoms with van der Waals surface area (Å²) in [6.07, 6.45) is -3.10. The van der Waals surface area contributed by atoms with E-state index in [0.29, 0.717) is 54.9 Å². The quantitative estimate of drug-likeness (QED) is 0.522. The Bertz CT molecular complexity index is 1250. The van der Waals surface area contributed by atoms with Gasteiger partial charge in [-0.2, -0.15) is 13.2 Å². The van der Waals surface area contributed by atoms with E-state index in [1.54, 1.807) is 13.0 Å². The van der Waals surface area contributed by atoms with Crippen molar-refractivity contribution in [3.8, 4) is 17.1 Å². The third-order valence-electron chi connectivity index (χ3n) is 5.77. The second kappa shape index (κ2) is 10.5. The molecule has 2 aromatic heterocycles. The smallest absolute Gasteiger partial charge is 0.416 e. The van der Waals surface area contributed by atoms with E-state index in [4.69, 9.17) is 9.47 Å². The van der Waals surface area contributed by atoms with E-state index < -0.39 is 17.6 Å². The third-order valence-corrected chi connectivity index (χ3v) is 5.77.